The number of hydrogen-bond acceptors (Lipinski definition) is 2. The van der Waals surface area contributed by atoms with Crippen molar-refractivity contribution in [3.63, 3.8) is 0 Å². The van der Waals surface area contributed by atoms with Crippen molar-refractivity contribution in [2.45, 2.75) is 25.4 Å². The van der Waals surface area contributed by atoms with Crippen molar-refractivity contribution in [3.8, 4) is 0 Å². The molecule has 16 heavy (non-hydrogen) atoms. The first kappa shape index (κ1) is 11.1. The van der Waals surface area contributed by atoms with Crippen molar-refractivity contribution in [2.75, 3.05) is 6.54 Å². The maximum Gasteiger partial charge on any atom is 0.237 e. The molecule has 1 aliphatic rings. The van der Waals surface area contributed by atoms with Gasteiger partial charge in [0.15, 0.2) is 0 Å². The Labute approximate surface area is 94.0 Å². The van der Waals surface area contributed by atoms with Gasteiger partial charge in [-0.15, -0.1) is 0 Å². The predicted molar refractivity (Wildman–Crippen MR) is 59.3 cm³/mol. The monoisotopic (exact) mass is 222 g/mol. The van der Waals surface area contributed by atoms with Crippen molar-refractivity contribution in [2.24, 2.45) is 0 Å². The highest BCUT2D eigenvalue weighted by molar-refractivity contribution is 5.81. The van der Waals surface area contributed by atoms with Crippen LogP contribution in [0.2, 0.25) is 0 Å². The molecule has 1 fully saturated rings. The number of halogens is 1. The van der Waals surface area contributed by atoms with Crippen LogP contribution in [0.4, 0.5) is 4.39 Å². The number of carbonyl (C=O) groups is 1. The summed E-state index contributed by atoms with van der Waals surface area (Å²) in [5.74, 6) is -0.271. The molecule has 1 aromatic rings. The zero-order valence-corrected chi connectivity index (χ0v) is 9.00. The molecule has 2 rings (SSSR count). The number of amides is 1. The van der Waals surface area contributed by atoms with E-state index in [1.807, 2.05) is 0 Å². The van der Waals surface area contributed by atoms with Gasteiger partial charge in [-0.25, -0.2) is 4.39 Å². The third kappa shape index (κ3) is 2.79. The first-order valence-electron chi connectivity index (χ1n) is 5.51. The molecule has 0 unspecified atom stereocenters. The fourth-order valence-electron chi connectivity index (χ4n) is 1.87. The summed E-state index contributed by atoms with van der Waals surface area (Å²) in [6.45, 7) is 1.28. The first-order chi connectivity index (χ1) is 7.75. The van der Waals surface area contributed by atoms with Gasteiger partial charge in [-0.3, -0.25) is 4.79 Å². The molecule has 2 N–H and O–H groups in total. The quantitative estimate of drug-likeness (QED) is 0.806. The van der Waals surface area contributed by atoms with Gasteiger partial charge in [0.25, 0.3) is 0 Å². The van der Waals surface area contributed by atoms with Crippen molar-refractivity contribution >= 4 is 5.91 Å². The Kier molecular flexibility index (Phi) is 3.51. The van der Waals surface area contributed by atoms with E-state index >= 15 is 0 Å². The SMILES string of the molecule is O=C(NCc1cccc(F)c1)[C@@H]1CCCN1. The van der Waals surface area contributed by atoms with Crippen LogP contribution in [0.3, 0.4) is 0 Å². The van der Waals surface area contributed by atoms with Crippen molar-refractivity contribution < 1.29 is 9.18 Å². The number of nitrogens with one attached hydrogen (secondary N) is 2. The van der Waals surface area contributed by atoms with E-state index in [9.17, 15) is 9.18 Å². The molecule has 1 saturated heterocycles. The van der Waals surface area contributed by atoms with E-state index in [0.717, 1.165) is 24.9 Å². The van der Waals surface area contributed by atoms with Gasteiger partial charge in [-0.2, -0.15) is 0 Å². The highest BCUT2D eigenvalue weighted by atomic mass is 19.1. The number of carbonyl (C=O) groups excluding carboxylic acids is 1. The van der Waals surface area contributed by atoms with Gasteiger partial charge < -0.3 is 10.6 Å². The van der Waals surface area contributed by atoms with Gasteiger partial charge in [0.1, 0.15) is 5.82 Å². The van der Waals surface area contributed by atoms with E-state index in [4.69, 9.17) is 0 Å². The molecule has 0 saturated carbocycles. The molecule has 0 radical (unpaired) electrons. The molecule has 1 amide bonds. The van der Waals surface area contributed by atoms with Crippen LogP contribution >= 0.6 is 0 Å². The fourth-order valence-corrected chi connectivity index (χ4v) is 1.87. The molecule has 4 heteroatoms. The molecule has 0 bridgehead atoms. The summed E-state index contributed by atoms with van der Waals surface area (Å²) in [4.78, 5) is 11.6. The van der Waals surface area contributed by atoms with Crippen LogP contribution in [0.15, 0.2) is 24.3 Å². The lowest BCUT2D eigenvalue weighted by Crippen LogP contribution is -2.39. The topological polar surface area (TPSA) is 41.1 Å². The van der Waals surface area contributed by atoms with Crippen LogP contribution < -0.4 is 10.6 Å². The smallest absolute Gasteiger partial charge is 0.237 e. The second kappa shape index (κ2) is 5.07. The lowest BCUT2D eigenvalue weighted by Gasteiger charge is -2.10. The Balaban J connectivity index is 1.84. The van der Waals surface area contributed by atoms with E-state index in [-0.39, 0.29) is 17.8 Å². The van der Waals surface area contributed by atoms with Gasteiger partial charge in [0.05, 0.1) is 6.04 Å². The van der Waals surface area contributed by atoms with Gasteiger partial charge in [0, 0.05) is 6.54 Å². The third-order valence-electron chi connectivity index (χ3n) is 2.73. The summed E-state index contributed by atoms with van der Waals surface area (Å²) < 4.78 is 12.9. The van der Waals surface area contributed by atoms with Crippen LogP contribution in [-0.4, -0.2) is 18.5 Å². The van der Waals surface area contributed by atoms with Gasteiger partial charge in [-0.05, 0) is 37.1 Å². The van der Waals surface area contributed by atoms with Crippen LogP contribution in [0.1, 0.15) is 18.4 Å². The lowest BCUT2D eigenvalue weighted by atomic mass is 10.2. The zero-order valence-electron chi connectivity index (χ0n) is 9.00. The average Bonchev–Trinajstić information content (AvgIpc) is 2.79. The average molecular weight is 222 g/mol. The van der Waals surface area contributed by atoms with E-state index < -0.39 is 0 Å². The molecule has 1 atom stereocenters. The summed E-state index contributed by atoms with van der Waals surface area (Å²) in [5.41, 5.74) is 0.784. The normalized spacial score (nSPS) is 19.7. The summed E-state index contributed by atoms with van der Waals surface area (Å²) in [5, 5.41) is 5.92. The zero-order chi connectivity index (χ0) is 11.4. The standard InChI is InChI=1S/C12H15FN2O/c13-10-4-1-3-9(7-10)8-15-12(16)11-5-2-6-14-11/h1,3-4,7,11,14H,2,5-6,8H2,(H,15,16)/t11-/m0/s1. The fraction of sp³-hybridized carbons (Fsp3) is 0.417. The van der Waals surface area contributed by atoms with Crippen LogP contribution in [0, 0.1) is 5.82 Å². The molecule has 86 valence electrons. The van der Waals surface area contributed by atoms with E-state index in [2.05, 4.69) is 10.6 Å². The minimum absolute atomic E-state index is 0.00163. The Morgan fingerprint density at radius 3 is 3.12 bits per heavy atom. The maximum atomic E-state index is 12.9. The van der Waals surface area contributed by atoms with Crippen molar-refractivity contribution in [3.05, 3.63) is 35.6 Å². The van der Waals surface area contributed by atoms with Crippen LogP contribution in [0.25, 0.3) is 0 Å². The Bertz CT molecular complexity index is 375. The number of rotatable bonds is 3. The molecule has 0 aromatic heterocycles. The van der Waals surface area contributed by atoms with Gasteiger partial charge in [-0.1, -0.05) is 12.1 Å². The molecule has 1 aromatic carbocycles. The predicted octanol–water partition coefficient (Wildman–Crippen LogP) is 1.19. The molecule has 1 aliphatic heterocycles. The maximum absolute atomic E-state index is 12.9. The summed E-state index contributed by atoms with van der Waals surface area (Å²) in [7, 11) is 0. The van der Waals surface area contributed by atoms with Gasteiger partial charge >= 0.3 is 0 Å². The molecule has 0 aliphatic carbocycles. The minimum Gasteiger partial charge on any atom is -0.351 e. The Morgan fingerprint density at radius 1 is 1.56 bits per heavy atom. The highest BCUT2D eigenvalue weighted by Crippen LogP contribution is 2.06. The number of hydrogen-bond donors (Lipinski definition) is 2. The Morgan fingerprint density at radius 2 is 2.44 bits per heavy atom. The van der Waals surface area contributed by atoms with E-state index in [0.29, 0.717) is 6.54 Å². The summed E-state index contributed by atoms with van der Waals surface area (Å²) in [6.07, 6.45) is 1.92. The second-order valence-corrected chi connectivity index (χ2v) is 4.00. The molecular weight excluding hydrogens is 207 g/mol. The Hall–Kier alpha value is -1.42. The summed E-state index contributed by atoms with van der Waals surface area (Å²) >= 11 is 0. The minimum atomic E-state index is -0.272. The second-order valence-electron chi connectivity index (χ2n) is 4.00. The first-order valence-corrected chi connectivity index (χ1v) is 5.51. The molecule has 0 spiro atoms. The molecule has 3 nitrogen and oxygen atoms in total. The number of benzene rings is 1. The summed E-state index contributed by atoms with van der Waals surface area (Å²) in [6, 6.07) is 6.19. The van der Waals surface area contributed by atoms with Crippen molar-refractivity contribution in [1.82, 2.24) is 10.6 Å². The molecular formula is C12H15FN2O. The van der Waals surface area contributed by atoms with E-state index in [1.165, 1.54) is 12.1 Å². The van der Waals surface area contributed by atoms with Gasteiger partial charge in [0.2, 0.25) is 5.91 Å². The van der Waals surface area contributed by atoms with Crippen molar-refractivity contribution in [1.29, 1.82) is 0 Å². The third-order valence-corrected chi connectivity index (χ3v) is 2.73. The largest absolute Gasteiger partial charge is 0.351 e. The molecule has 1 heterocycles. The van der Waals surface area contributed by atoms with E-state index in [1.54, 1.807) is 12.1 Å². The van der Waals surface area contributed by atoms with Crippen LogP contribution in [0.5, 0.6) is 0 Å². The van der Waals surface area contributed by atoms with Crippen LogP contribution in [-0.2, 0) is 11.3 Å². The lowest BCUT2D eigenvalue weighted by molar-refractivity contribution is -0.122. The highest BCUT2D eigenvalue weighted by Gasteiger charge is 2.21.